The van der Waals surface area contributed by atoms with Gasteiger partial charge in [0.1, 0.15) is 5.82 Å². The van der Waals surface area contributed by atoms with Crippen molar-refractivity contribution in [3.8, 4) is 0 Å². The number of halogens is 2. The van der Waals surface area contributed by atoms with Crippen molar-refractivity contribution in [3.63, 3.8) is 0 Å². The number of aromatic nitrogens is 2. The summed E-state index contributed by atoms with van der Waals surface area (Å²) >= 11 is 12.3. The lowest BCUT2D eigenvalue weighted by Gasteiger charge is -2.18. The van der Waals surface area contributed by atoms with Crippen LogP contribution in [-0.2, 0) is 0 Å². The molecule has 0 bridgehead atoms. The summed E-state index contributed by atoms with van der Waals surface area (Å²) in [5.41, 5.74) is 2.08. The molecule has 0 amide bonds. The maximum absolute atomic E-state index is 6.27. The van der Waals surface area contributed by atoms with Gasteiger partial charge in [-0.15, -0.1) is 11.6 Å². The molecule has 1 aromatic heterocycles. The average molecular weight is 283 g/mol. The van der Waals surface area contributed by atoms with Gasteiger partial charge >= 0.3 is 0 Å². The van der Waals surface area contributed by atoms with Crippen LogP contribution in [0.25, 0.3) is 11.0 Å². The molecule has 2 nitrogen and oxygen atoms in total. The molecular formula is C14H16Cl2N2. The van der Waals surface area contributed by atoms with Crippen LogP contribution < -0.4 is 0 Å². The lowest BCUT2D eigenvalue weighted by molar-refractivity contribution is 0.480. The van der Waals surface area contributed by atoms with E-state index in [1.165, 1.54) is 12.8 Å². The third-order valence-electron chi connectivity index (χ3n) is 3.75. The lowest BCUT2D eigenvalue weighted by atomic mass is 10.2. The predicted octanol–water partition coefficient (Wildman–Crippen LogP) is 4.96. The van der Waals surface area contributed by atoms with E-state index in [1.807, 2.05) is 25.1 Å². The topological polar surface area (TPSA) is 17.8 Å². The van der Waals surface area contributed by atoms with Crippen LogP contribution in [-0.4, -0.2) is 9.55 Å². The number of fused-ring (bicyclic) bond motifs is 1. The van der Waals surface area contributed by atoms with E-state index in [9.17, 15) is 0 Å². The van der Waals surface area contributed by atoms with E-state index in [1.54, 1.807) is 0 Å². The molecule has 1 heterocycles. The molecule has 2 atom stereocenters. The number of hydrogen-bond donors (Lipinski definition) is 0. The van der Waals surface area contributed by atoms with Crippen molar-refractivity contribution in [2.24, 2.45) is 5.92 Å². The molecule has 2 aromatic rings. The quantitative estimate of drug-likeness (QED) is 0.728. The van der Waals surface area contributed by atoms with Gasteiger partial charge in [-0.2, -0.15) is 0 Å². The van der Waals surface area contributed by atoms with Crippen molar-refractivity contribution in [1.29, 1.82) is 0 Å². The van der Waals surface area contributed by atoms with Gasteiger partial charge in [-0.05, 0) is 50.8 Å². The van der Waals surface area contributed by atoms with Crippen LogP contribution >= 0.6 is 23.2 Å². The molecular weight excluding hydrogens is 267 g/mol. The summed E-state index contributed by atoms with van der Waals surface area (Å²) in [4.78, 5) is 4.65. The maximum atomic E-state index is 6.27. The summed E-state index contributed by atoms with van der Waals surface area (Å²) < 4.78 is 2.29. The van der Waals surface area contributed by atoms with Gasteiger partial charge in [0.25, 0.3) is 0 Å². The number of nitrogens with zero attached hydrogens (tertiary/aromatic N) is 2. The molecule has 3 rings (SSSR count). The lowest BCUT2D eigenvalue weighted by Crippen LogP contribution is -2.11. The van der Waals surface area contributed by atoms with E-state index in [0.29, 0.717) is 6.04 Å². The maximum Gasteiger partial charge on any atom is 0.127 e. The third-order valence-corrected chi connectivity index (χ3v) is 4.18. The van der Waals surface area contributed by atoms with Crippen molar-refractivity contribution < 1.29 is 0 Å². The van der Waals surface area contributed by atoms with Crippen LogP contribution in [0.4, 0.5) is 0 Å². The van der Waals surface area contributed by atoms with Crippen molar-refractivity contribution in [2.45, 2.75) is 38.1 Å². The third kappa shape index (κ3) is 2.02. The molecule has 4 heteroatoms. The van der Waals surface area contributed by atoms with Crippen molar-refractivity contribution in [1.82, 2.24) is 9.55 Å². The summed E-state index contributed by atoms with van der Waals surface area (Å²) in [6, 6.07) is 6.35. The second-order valence-corrected chi connectivity index (χ2v) is 6.26. The van der Waals surface area contributed by atoms with Crippen LogP contribution in [0.15, 0.2) is 18.2 Å². The molecule has 18 heavy (non-hydrogen) atoms. The normalized spacial score (nSPS) is 19.1. The molecule has 0 spiro atoms. The molecule has 0 aliphatic heterocycles. The Morgan fingerprint density at radius 2 is 2.06 bits per heavy atom. The van der Waals surface area contributed by atoms with Gasteiger partial charge < -0.3 is 4.57 Å². The molecule has 0 radical (unpaired) electrons. The second kappa shape index (κ2) is 4.43. The highest BCUT2D eigenvalue weighted by atomic mass is 35.5. The number of imidazole rings is 1. The van der Waals surface area contributed by atoms with Crippen LogP contribution in [0.3, 0.4) is 0 Å². The van der Waals surface area contributed by atoms with Gasteiger partial charge in [0.15, 0.2) is 0 Å². The summed E-state index contributed by atoms with van der Waals surface area (Å²) in [5.74, 6) is 1.72. The summed E-state index contributed by atoms with van der Waals surface area (Å²) in [6.45, 7) is 4.23. The van der Waals surface area contributed by atoms with Crippen molar-refractivity contribution in [2.75, 3.05) is 0 Å². The van der Waals surface area contributed by atoms with Gasteiger partial charge in [0, 0.05) is 11.1 Å². The van der Waals surface area contributed by atoms with Crippen molar-refractivity contribution >= 4 is 34.2 Å². The second-order valence-electron chi connectivity index (χ2n) is 5.17. The number of benzene rings is 1. The molecule has 1 aliphatic rings. The predicted molar refractivity (Wildman–Crippen MR) is 76.4 cm³/mol. The zero-order chi connectivity index (χ0) is 12.9. The van der Waals surface area contributed by atoms with Gasteiger partial charge in [-0.3, -0.25) is 0 Å². The molecule has 0 saturated heterocycles. The highest BCUT2D eigenvalue weighted by Gasteiger charge is 2.32. The molecule has 1 saturated carbocycles. The minimum absolute atomic E-state index is 0.0858. The van der Waals surface area contributed by atoms with Gasteiger partial charge in [0.05, 0.1) is 16.4 Å². The number of rotatable bonds is 3. The first-order chi connectivity index (χ1) is 8.58. The van der Waals surface area contributed by atoms with E-state index in [2.05, 4.69) is 16.5 Å². The summed E-state index contributed by atoms with van der Waals surface area (Å²) in [7, 11) is 0. The molecule has 1 aromatic carbocycles. The number of hydrogen-bond acceptors (Lipinski definition) is 1. The summed E-state index contributed by atoms with van der Waals surface area (Å²) in [5, 5.41) is 0.636. The zero-order valence-corrected chi connectivity index (χ0v) is 12.0. The van der Waals surface area contributed by atoms with Crippen LogP contribution in [0.1, 0.15) is 43.9 Å². The summed E-state index contributed by atoms with van der Waals surface area (Å²) in [6.07, 6.45) is 2.62. The first-order valence-corrected chi connectivity index (χ1v) is 7.21. The van der Waals surface area contributed by atoms with E-state index in [0.717, 1.165) is 27.8 Å². The Bertz CT molecular complexity index is 585. The first-order valence-electron chi connectivity index (χ1n) is 6.39. The van der Waals surface area contributed by atoms with E-state index in [-0.39, 0.29) is 5.38 Å². The highest BCUT2D eigenvalue weighted by molar-refractivity contribution is 6.31. The molecule has 2 unspecified atom stereocenters. The Hall–Kier alpha value is -0.730. The molecule has 0 N–H and O–H groups in total. The Morgan fingerprint density at radius 3 is 2.67 bits per heavy atom. The number of alkyl halides is 1. The standard InChI is InChI=1S/C14H16Cl2N2/c1-8(15)14-17-12-7-11(16)5-6-13(12)18(14)9(2)10-3-4-10/h5-10H,3-4H2,1-2H3. The van der Waals surface area contributed by atoms with Gasteiger partial charge in [-0.1, -0.05) is 11.6 Å². The van der Waals surface area contributed by atoms with Gasteiger partial charge in [-0.25, -0.2) is 4.98 Å². The van der Waals surface area contributed by atoms with Crippen LogP contribution in [0, 0.1) is 5.92 Å². The van der Waals surface area contributed by atoms with Gasteiger partial charge in [0.2, 0.25) is 0 Å². The fourth-order valence-corrected chi connectivity index (χ4v) is 2.91. The minimum atomic E-state index is -0.0858. The highest BCUT2D eigenvalue weighted by Crippen LogP contribution is 2.42. The largest absolute Gasteiger partial charge is 0.324 e. The average Bonchev–Trinajstić information content (AvgIpc) is 3.08. The van der Waals surface area contributed by atoms with E-state index < -0.39 is 0 Å². The van der Waals surface area contributed by atoms with Crippen LogP contribution in [0.2, 0.25) is 5.02 Å². The molecule has 96 valence electrons. The van der Waals surface area contributed by atoms with Crippen LogP contribution in [0.5, 0.6) is 0 Å². The SMILES string of the molecule is CC(Cl)c1nc2cc(Cl)ccc2n1C(C)C1CC1. The fourth-order valence-electron chi connectivity index (χ4n) is 2.59. The molecule has 1 fully saturated rings. The van der Waals surface area contributed by atoms with E-state index >= 15 is 0 Å². The smallest absolute Gasteiger partial charge is 0.127 e. The van der Waals surface area contributed by atoms with Crippen molar-refractivity contribution in [3.05, 3.63) is 29.0 Å². The Morgan fingerprint density at radius 1 is 1.33 bits per heavy atom. The Labute approximate surface area is 117 Å². The first kappa shape index (κ1) is 12.3. The Kier molecular flexibility index (Phi) is 3.03. The monoisotopic (exact) mass is 282 g/mol. The zero-order valence-electron chi connectivity index (χ0n) is 10.5. The minimum Gasteiger partial charge on any atom is -0.324 e. The fraction of sp³-hybridized carbons (Fsp3) is 0.500. The van der Waals surface area contributed by atoms with E-state index in [4.69, 9.17) is 23.2 Å². The molecule has 1 aliphatic carbocycles. The Balaban J connectivity index is 2.21.